The minimum absolute atomic E-state index is 0.0370. The van der Waals surface area contributed by atoms with Gasteiger partial charge < -0.3 is 11.1 Å². The van der Waals surface area contributed by atoms with Gasteiger partial charge in [0.05, 0.1) is 5.54 Å². The molecule has 0 aromatic carbocycles. The second-order valence-corrected chi connectivity index (χ2v) is 4.40. The molecule has 1 aliphatic carbocycles. The van der Waals surface area contributed by atoms with E-state index in [1.165, 1.54) is 12.8 Å². The monoisotopic (exact) mass is 206 g/mol. The first kappa shape index (κ1) is 10.4. The summed E-state index contributed by atoms with van der Waals surface area (Å²) >= 11 is 0. The smallest absolute Gasteiger partial charge is 0.223 e. The zero-order valence-corrected chi connectivity index (χ0v) is 9.16. The lowest BCUT2D eigenvalue weighted by Crippen LogP contribution is -2.43. The Bertz CT molecular complexity index is 314. The molecule has 82 valence electrons. The molecule has 0 spiro atoms. The number of nitrogens with zero attached hydrogens (tertiary/aromatic N) is 2. The maximum atomic E-state index is 5.83. The number of anilines is 1. The minimum atomic E-state index is 0.0370. The Hall–Kier alpha value is -1.16. The third kappa shape index (κ3) is 2.26. The van der Waals surface area contributed by atoms with E-state index in [0.717, 1.165) is 18.4 Å². The van der Waals surface area contributed by atoms with E-state index < -0.39 is 0 Å². The number of aromatic nitrogens is 2. The summed E-state index contributed by atoms with van der Waals surface area (Å²) in [6.45, 7) is 2.64. The van der Waals surface area contributed by atoms with Gasteiger partial charge in [-0.05, 0) is 25.3 Å². The summed E-state index contributed by atoms with van der Waals surface area (Å²) in [4.78, 5) is 8.51. The summed E-state index contributed by atoms with van der Waals surface area (Å²) in [5, 5.41) is 3.38. The van der Waals surface area contributed by atoms with Crippen molar-refractivity contribution in [2.24, 2.45) is 5.73 Å². The van der Waals surface area contributed by atoms with Crippen molar-refractivity contribution in [3.8, 4) is 0 Å². The summed E-state index contributed by atoms with van der Waals surface area (Å²) in [6.07, 6.45) is 8.40. The van der Waals surface area contributed by atoms with Gasteiger partial charge in [0.1, 0.15) is 0 Å². The molecule has 2 rings (SSSR count). The predicted octanol–water partition coefficient (Wildman–Crippen LogP) is 1.47. The molecule has 1 aromatic rings. The van der Waals surface area contributed by atoms with Crippen LogP contribution < -0.4 is 11.1 Å². The van der Waals surface area contributed by atoms with Gasteiger partial charge in [0, 0.05) is 18.9 Å². The Kier molecular flexibility index (Phi) is 2.86. The normalized spacial score (nSPS) is 19.1. The molecule has 0 amide bonds. The molecule has 1 saturated carbocycles. The molecule has 0 radical (unpaired) electrons. The average molecular weight is 206 g/mol. The van der Waals surface area contributed by atoms with Crippen LogP contribution >= 0.6 is 0 Å². The van der Waals surface area contributed by atoms with Crippen molar-refractivity contribution in [2.75, 3.05) is 11.9 Å². The molecule has 0 saturated heterocycles. The average Bonchev–Trinajstić information content (AvgIpc) is 2.71. The quantitative estimate of drug-likeness (QED) is 0.786. The molecule has 0 bridgehead atoms. The van der Waals surface area contributed by atoms with Gasteiger partial charge >= 0.3 is 0 Å². The van der Waals surface area contributed by atoms with Gasteiger partial charge in [0.2, 0.25) is 5.95 Å². The van der Waals surface area contributed by atoms with E-state index in [4.69, 9.17) is 5.73 Å². The Morgan fingerprint density at radius 2 is 1.93 bits per heavy atom. The van der Waals surface area contributed by atoms with E-state index in [9.17, 15) is 0 Å². The zero-order valence-electron chi connectivity index (χ0n) is 9.16. The number of aryl methyl sites for hydroxylation is 1. The fourth-order valence-corrected chi connectivity index (χ4v) is 2.13. The largest absolute Gasteiger partial charge is 0.348 e. The van der Waals surface area contributed by atoms with Crippen LogP contribution in [-0.2, 0) is 0 Å². The van der Waals surface area contributed by atoms with Gasteiger partial charge in [0.25, 0.3) is 0 Å². The van der Waals surface area contributed by atoms with Crippen molar-refractivity contribution < 1.29 is 0 Å². The number of hydrogen-bond acceptors (Lipinski definition) is 4. The Morgan fingerprint density at radius 1 is 1.33 bits per heavy atom. The SMILES string of the molecule is Cc1cnc(NC2(CN)CCCC2)nc1. The van der Waals surface area contributed by atoms with E-state index in [1.54, 1.807) is 0 Å². The topological polar surface area (TPSA) is 63.8 Å². The van der Waals surface area contributed by atoms with Gasteiger partial charge in [-0.1, -0.05) is 12.8 Å². The summed E-state index contributed by atoms with van der Waals surface area (Å²) in [6, 6.07) is 0. The second-order valence-electron chi connectivity index (χ2n) is 4.40. The van der Waals surface area contributed by atoms with Crippen LogP contribution in [0.5, 0.6) is 0 Å². The van der Waals surface area contributed by atoms with Crippen LogP contribution in [0.4, 0.5) is 5.95 Å². The molecular formula is C11H18N4. The fourth-order valence-electron chi connectivity index (χ4n) is 2.13. The Balaban J connectivity index is 2.09. The molecule has 4 nitrogen and oxygen atoms in total. The standard InChI is InChI=1S/C11H18N4/c1-9-6-13-10(14-7-9)15-11(8-12)4-2-3-5-11/h6-7H,2-5,8,12H2,1H3,(H,13,14,15). The lowest BCUT2D eigenvalue weighted by Gasteiger charge is -2.28. The van der Waals surface area contributed by atoms with Crippen molar-refractivity contribution >= 4 is 5.95 Å². The van der Waals surface area contributed by atoms with Crippen LogP contribution in [0.2, 0.25) is 0 Å². The first-order chi connectivity index (χ1) is 7.24. The maximum Gasteiger partial charge on any atom is 0.223 e. The molecule has 1 aliphatic rings. The predicted molar refractivity (Wildman–Crippen MR) is 60.6 cm³/mol. The van der Waals surface area contributed by atoms with Crippen molar-refractivity contribution in [1.82, 2.24) is 9.97 Å². The van der Waals surface area contributed by atoms with Gasteiger partial charge in [0.15, 0.2) is 0 Å². The molecule has 4 heteroatoms. The van der Waals surface area contributed by atoms with Gasteiger partial charge in [-0.2, -0.15) is 0 Å². The third-order valence-corrected chi connectivity index (χ3v) is 3.11. The first-order valence-corrected chi connectivity index (χ1v) is 5.51. The molecule has 0 unspecified atom stereocenters. The summed E-state index contributed by atoms with van der Waals surface area (Å²) in [7, 11) is 0. The van der Waals surface area contributed by atoms with E-state index in [0.29, 0.717) is 12.5 Å². The second kappa shape index (κ2) is 4.14. The molecular weight excluding hydrogens is 188 g/mol. The van der Waals surface area contributed by atoms with Crippen LogP contribution in [0.25, 0.3) is 0 Å². The van der Waals surface area contributed by atoms with E-state index in [-0.39, 0.29) is 5.54 Å². The van der Waals surface area contributed by atoms with Crippen LogP contribution in [0.3, 0.4) is 0 Å². The molecule has 1 aromatic heterocycles. The molecule has 1 fully saturated rings. The van der Waals surface area contributed by atoms with Crippen molar-refractivity contribution in [1.29, 1.82) is 0 Å². The van der Waals surface area contributed by atoms with Gasteiger partial charge in [-0.3, -0.25) is 0 Å². The summed E-state index contributed by atoms with van der Waals surface area (Å²) < 4.78 is 0. The number of rotatable bonds is 3. The van der Waals surface area contributed by atoms with E-state index in [1.807, 2.05) is 19.3 Å². The Labute approximate surface area is 90.3 Å². The zero-order chi connectivity index (χ0) is 10.7. The molecule has 1 heterocycles. The highest BCUT2D eigenvalue weighted by Crippen LogP contribution is 2.31. The van der Waals surface area contributed by atoms with Gasteiger partial charge in [-0.15, -0.1) is 0 Å². The molecule has 0 aliphatic heterocycles. The van der Waals surface area contributed by atoms with E-state index in [2.05, 4.69) is 15.3 Å². The molecule has 0 atom stereocenters. The summed E-state index contributed by atoms with van der Waals surface area (Å²) in [5.74, 6) is 0.702. The van der Waals surface area contributed by atoms with Crippen molar-refractivity contribution in [3.05, 3.63) is 18.0 Å². The van der Waals surface area contributed by atoms with E-state index >= 15 is 0 Å². The minimum Gasteiger partial charge on any atom is -0.348 e. The molecule has 15 heavy (non-hydrogen) atoms. The van der Waals surface area contributed by atoms with Gasteiger partial charge in [-0.25, -0.2) is 9.97 Å². The Morgan fingerprint density at radius 3 is 2.47 bits per heavy atom. The van der Waals surface area contributed by atoms with Crippen LogP contribution in [-0.4, -0.2) is 22.1 Å². The highest BCUT2D eigenvalue weighted by molar-refractivity contribution is 5.30. The highest BCUT2D eigenvalue weighted by atomic mass is 15.1. The number of hydrogen-bond donors (Lipinski definition) is 2. The lowest BCUT2D eigenvalue weighted by atomic mass is 9.98. The number of nitrogens with two attached hydrogens (primary N) is 1. The third-order valence-electron chi connectivity index (χ3n) is 3.11. The molecule has 3 N–H and O–H groups in total. The fraction of sp³-hybridized carbons (Fsp3) is 0.636. The maximum absolute atomic E-state index is 5.83. The first-order valence-electron chi connectivity index (χ1n) is 5.51. The van der Waals surface area contributed by atoms with Crippen LogP contribution in [0.1, 0.15) is 31.2 Å². The summed E-state index contributed by atoms with van der Waals surface area (Å²) in [5.41, 5.74) is 6.94. The highest BCUT2D eigenvalue weighted by Gasteiger charge is 2.32. The number of nitrogens with one attached hydrogen (secondary N) is 1. The van der Waals surface area contributed by atoms with Crippen molar-refractivity contribution in [2.45, 2.75) is 38.1 Å². The lowest BCUT2D eigenvalue weighted by molar-refractivity contribution is 0.489. The van der Waals surface area contributed by atoms with Crippen molar-refractivity contribution in [3.63, 3.8) is 0 Å². The van der Waals surface area contributed by atoms with Crippen LogP contribution in [0, 0.1) is 6.92 Å². The van der Waals surface area contributed by atoms with Crippen LogP contribution in [0.15, 0.2) is 12.4 Å².